The van der Waals surface area contributed by atoms with Crippen molar-refractivity contribution >= 4 is 23.3 Å². The average molecular weight is 352 g/mol. The van der Waals surface area contributed by atoms with Crippen molar-refractivity contribution in [1.29, 1.82) is 0 Å². The second-order valence-corrected chi connectivity index (χ2v) is 8.12. The number of phenolic OH excluding ortho intramolecular Hbond substituents is 1. The second-order valence-electron chi connectivity index (χ2n) is 7.74. The first kappa shape index (κ1) is 15.7. The van der Waals surface area contributed by atoms with Crippen LogP contribution in [0.25, 0.3) is 0 Å². The second kappa shape index (κ2) is 5.09. The van der Waals surface area contributed by atoms with Crippen LogP contribution in [-0.4, -0.2) is 21.1 Å². The van der Waals surface area contributed by atoms with Crippen LogP contribution < -0.4 is 0 Å². The highest BCUT2D eigenvalue weighted by atomic mass is 35.5. The molecule has 128 valence electrons. The van der Waals surface area contributed by atoms with E-state index in [1.165, 1.54) is 0 Å². The standard InChI is InChI=1S/C17H18ClNO5/c18-14-11(16(21)22)4-12(19(23)24)15(20)13(14)17-5-8-1-9(6-17)3-10(2-8)7-17/h4,8-10,20H,1-3,5-7H2,(H,21,22). The molecule has 4 saturated carbocycles. The summed E-state index contributed by atoms with van der Waals surface area (Å²) in [5.74, 6) is -0.135. The van der Waals surface area contributed by atoms with Crippen molar-refractivity contribution in [2.24, 2.45) is 17.8 Å². The van der Waals surface area contributed by atoms with Gasteiger partial charge in [0, 0.05) is 17.0 Å². The maximum absolute atomic E-state index is 11.5. The summed E-state index contributed by atoms with van der Waals surface area (Å²) in [6.45, 7) is 0. The summed E-state index contributed by atoms with van der Waals surface area (Å²) in [7, 11) is 0. The smallest absolute Gasteiger partial charge is 0.337 e. The minimum atomic E-state index is -1.31. The Hall–Kier alpha value is -1.82. The number of nitrogens with zero attached hydrogens (tertiary/aromatic N) is 1. The Bertz CT molecular complexity index is 686. The van der Waals surface area contributed by atoms with Gasteiger partial charge in [0.1, 0.15) is 0 Å². The normalized spacial score (nSPS) is 33.6. The van der Waals surface area contributed by atoms with Crippen LogP contribution in [0.2, 0.25) is 5.02 Å². The van der Waals surface area contributed by atoms with Crippen molar-refractivity contribution < 1.29 is 19.9 Å². The number of carboxylic acid groups (broad SMARTS) is 1. The third-order valence-corrected chi connectivity index (χ3v) is 6.60. The maximum atomic E-state index is 11.5. The van der Waals surface area contributed by atoms with Gasteiger partial charge in [-0.1, -0.05) is 11.6 Å². The van der Waals surface area contributed by atoms with Crippen LogP contribution >= 0.6 is 11.6 Å². The topological polar surface area (TPSA) is 101 Å². The first-order valence-electron chi connectivity index (χ1n) is 8.24. The number of carboxylic acids is 1. The number of aromatic carboxylic acids is 1. The van der Waals surface area contributed by atoms with Gasteiger partial charge >= 0.3 is 11.7 Å². The Morgan fingerprint density at radius 2 is 1.71 bits per heavy atom. The number of nitro groups is 1. The van der Waals surface area contributed by atoms with Crippen LogP contribution in [0.3, 0.4) is 0 Å². The molecule has 0 saturated heterocycles. The molecule has 0 amide bonds. The maximum Gasteiger partial charge on any atom is 0.337 e. The van der Waals surface area contributed by atoms with Crippen molar-refractivity contribution in [3.63, 3.8) is 0 Å². The summed E-state index contributed by atoms with van der Waals surface area (Å²) >= 11 is 6.36. The molecule has 0 aliphatic heterocycles. The fraction of sp³-hybridized carbons (Fsp3) is 0.588. The molecule has 0 atom stereocenters. The molecule has 6 nitrogen and oxygen atoms in total. The number of benzene rings is 1. The molecule has 0 radical (unpaired) electrons. The Morgan fingerprint density at radius 3 is 2.12 bits per heavy atom. The Balaban J connectivity index is 1.94. The van der Waals surface area contributed by atoms with Crippen molar-refractivity contribution in [3.8, 4) is 5.75 Å². The molecular weight excluding hydrogens is 334 g/mol. The molecule has 4 aliphatic carbocycles. The molecule has 5 rings (SSSR count). The van der Waals surface area contributed by atoms with Crippen LogP contribution in [0.15, 0.2) is 6.07 Å². The third-order valence-electron chi connectivity index (χ3n) is 6.21. The first-order chi connectivity index (χ1) is 11.3. The van der Waals surface area contributed by atoms with E-state index >= 15 is 0 Å². The summed E-state index contributed by atoms with van der Waals surface area (Å²) in [6.07, 6.45) is 5.97. The average Bonchev–Trinajstić information content (AvgIpc) is 2.44. The largest absolute Gasteiger partial charge is 0.502 e. The number of nitro benzene ring substituents is 1. The fourth-order valence-electron chi connectivity index (χ4n) is 5.83. The van der Waals surface area contributed by atoms with Crippen LogP contribution in [0.1, 0.15) is 54.4 Å². The summed E-state index contributed by atoms with van der Waals surface area (Å²) < 4.78 is 0. The monoisotopic (exact) mass is 351 g/mol. The molecule has 4 bridgehead atoms. The minimum Gasteiger partial charge on any atom is -0.502 e. The summed E-state index contributed by atoms with van der Waals surface area (Å²) in [5, 5.41) is 31.2. The molecule has 0 unspecified atom stereocenters. The SMILES string of the molecule is O=C(O)c1cc([N+](=O)[O-])c(O)c(C23CC4CC(CC(C4)C2)C3)c1Cl. The molecule has 0 spiro atoms. The van der Waals surface area contributed by atoms with Crippen LogP contribution in [-0.2, 0) is 5.41 Å². The van der Waals surface area contributed by atoms with Crippen LogP contribution in [0.5, 0.6) is 5.75 Å². The van der Waals surface area contributed by atoms with E-state index in [2.05, 4.69) is 0 Å². The number of carbonyl (C=O) groups is 1. The van der Waals surface area contributed by atoms with Crippen molar-refractivity contribution in [2.75, 3.05) is 0 Å². The molecule has 4 aliphatic rings. The lowest BCUT2D eigenvalue weighted by Gasteiger charge is -2.57. The van der Waals surface area contributed by atoms with Crippen molar-refractivity contribution in [3.05, 3.63) is 32.3 Å². The molecule has 4 fully saturated rings. The molecule has 7 heteroatoms. The zero-order valence-electron chi connectivity index (χ0n) is 13.0. The van der Waals surface area contributed by atoms with Crippen molar-refractivity contribution in [2.45, 2.75) is 43.9 Å². The molecule has 0 heterocycles. The van der Waals surface area contributed by atoms with Gasteiger partial charge in [0.05, 0.1) is 15.5 Å². The van der Waals surface area contributed by atoms with Gasteiger partial charge in [0.25, 0.3) is 0 Å². The van der Waals surface area contributed by atoms with Gasteiger partial charge in [-0.15, -0.1) is 0 Å². The van der Waals surface area contributed by atoms with Crippen LogP contribution in [0.4, 0.5) is 5.69 Å². The number of hydrogen-bond acceptors (Lipinski definition) is 4. The Labute approximate surface area is 143 Å². The number of rotatable bonds is 3. The van der Waals surface area contributed by atoms with E-state index in [0.717, 1.165) is 44.6 Å². The van der Waals surface area contributed by atoms with E-state index in [-0.39, 0.29) is 10.6 Å². The van der Waals surface area contributed by atoms with Gasteiger partial charge in [-0.25, -0.2) is 4.79 Å². The van der Waals surface area contributed by atoms with E-state index in [1.54, 1.807) is 0 Å². The number of halogens is 1. The Morgan fingerprint density at radius 1 is 1.21 bits per heavy atom. The van der Waals surface area contributed by atoms with Gasteiger partial charge in [0.2, 0.25) is 0 Å². The molecule has 1 aromatic carbocycles. The predicted octanol–water partition coefficient (Wildman–Crippen LogP) is 4.12. The zero-order valence-corrected chi connectivity index (χ0v) is 13.8. The van der Waals surface area contributed by atoms with Gasteiger partial charge in [0.15, 0.2) is 5.75 Å². The van der Waals surface area contributed by atoms with Gasteiger partial charge in [-0.2, -0.15) is 0 Å². The van der Waals surface area contributed by atoms with E-state index in [4.69, 9.17) is 11.6 Å². The van der Waals surface area contributed by atoms with E-state index < -0.39 is 27.7 Å². The molecular formula is C17H18ClNO5. The number of hydrogen-bond donors (Lipinski definition) is 2. The zero-order chi connectivity index (χ0) is 17.2. The van der Waals surface area contributed by atoms with Crippen LogP contribution in [0, 0.1) is 27.9 Å². The molecule has 0 aromatic heterocycles. The van der Waals surface area contributed by atoms with E-state index in [0.29, 0.717) is 23.3 Å². The lowest BCUT2D eigenvalue weighted by atomic mass is 9.48. The highest BCUT2D eigenvalue weighted by Crippen LogP contribution is 2.63. The van der Waals surface area contributed by atoms with Crippen molar-refractivity contribution in [1.82, 2.24) is 0 Å². The van der Waals surface area contributed by atoms with Gasteiger partial charge < -0.3 is 10.2 Å². The molecule has 2 N–H and O–H groups in total. The third kappa shape index (κ3) is 2.12. The lowest BCUT2D eigenvalue weighted by molar-refractivity contribution is -0.386. The number of aromatic hydroxyl groups is 1. The van der Waals surface area contributed by atoms with E-state index in [1.807, 2.05) is 0 Å². The van der Waals surface area contributed by atoms with E-state index in [9.17, 15) is 25.1 Å². The quantitative estimate of drug-likeness (QED) is 0.630. The number of phenols is 1. The molecule has 24 heavy (non-hydrogen) atoms. The molecule has 1 aromatic rings. The summed E-state index contributed by atoms with van der Waals surface area (Å²) in [5.41, 5.74) is -0.990. The summed E-state index contributed by atoms with van der Waals surface area (Å²) in [6, 6.07) is 0.865. The predicted molar refractivity (Wildman–Crippen MR) is 86.6 cm³/mol. The summed E-state index contributed by atoms with van der Waals surface area (Å²) in [4.78, 5) is 22.1. The fourth-order valence-corrected chi connectivity index (χ4v) is 6.26. The highest BCUT2D eigenvalue weighted by molar-refractivity contribution is 6.34. The lowest BCUT2D eigenvalue weighted by Crippen LogP contribution is -2.48. The first-order valence-corrected chi connectivity index (χ1v) is 8.62. The van der Waals surface area contributed by atoms with Gasteiger partial charge in [-0.05, 0) is 56.3 Å². The van der Waals surface area contributed by atoms with Gasteiger partial charge in [-0.3, -0.25) is 10.1 Å². The minimum absolute atomic E-state index is 0.0347. The highest BCUT2D eigenvalue weighted by Gasteiger charge is 2.54. The Kier molecular flexibility index (Phi) is 3.33.